The molecule has 0 bridgehead atoms. The predicted octanol–water partition coefficient (Wildman–Crippen LogP) is 2.34. The first kappa shape index (κ1) is 17.6. The number of nitrogens with zero attached hydrogens (tertiary/aromatic N) is 1. The maximum Gasteiger partial charge on any atom is 0.274 e. The Morgan fingerprint density at radius 3 is 2.50 bits per heavy atom. The lowest BCUT2D eigenvalue weighted by Gasteiger charge is -2.04. The molecule has 24 heavy (non-hydrogen) atoms. The molecule has 0 aromatic heterocycles. The summed E-state index contributed by atoms with van der Waals surface area (Å²) < 4.78 is 5.90. The van der Waals surface area contributed by atoms with E-state index >= 15 is 0 Å². The predicted molar refractivity (Wildman–Crippen MR) is 91.4 cm³/mol. The van der Waals surface area contributed by atoms with Gasteiger partial charge in [0.1, 0.15) is 5.75 Å². The molecule has 2 rings (SSSR count). The van der Waals surface area contributed by atoms with Crippen LogP contribution in [0.4, 0.5) is 0 Å². The van der Waals surface area contributed by atoms with Crippen molar-refractivity contribution in [1.29, 1.82) is 0 Å². The van der Waals surface area contributed by atoms with E-state index in [0.717, 1.165) is 10.0 Å². The zero-order valence-electron chi connectivity index (χ0n) is 12.6. The van der Waals surface area contributed by atoms with Crippen LogP contribution in [0.1, 0.15) is 26.3 Å². The fourth-order valence-corrected chi connectivity index (χ4v) is 2.42. The third-order valence-corrected chi connectivity index (χ3v) is 3.66. The van der Waals surface area contributed by atoms with E-state index in [1.165, 1.54) is 36.0 Å². The summed E-state index contributed by atoms with van der Waals surface area (Å²) in [6, 6.07) is 11.2. The van der Waals surface area contributed by atoms with Gasteiger partial charge < -0.3 is 4.74 Å². The van der Waals surface area contributed by atoms with Gasteiger partial charge in [0, 0.05) is 11.1 Å². The van der Waals surface area contributed by atoms with Crippen molar-refractivity contribution in [3.8, 4) is 5.75 Å². The van der Waals surface area contributed by atoms with E-state index in [-0.39, 0.29) is 11.1 Å². The van der Waals surface area contributed by atoms with E-state index in [0.29, 0.717) is 5.75 Å². The molecule has 0 aliphatic carbocycles. The van der Waals surface area contributed by atoms with E-state index < -0.39 is 11.8 Å². The highest BCUT2D eigenvalue weighted by atomic mass is 79.9. The maximum absolute atomic E-state index is 12.0. The lowest BCUT2D eigenvalue weighted by atomic mass is 10.1. The highest BCUT2D eigenvalue weighted by molar-refractivity contribution is 9.10. The van der Waals surface area contributed by atoms with Gasteiger partial charge in [-0.25, -0.2) is 10.9 Å². The van der Waals surface area contributed by atoms with Gasteiger partial charge in [-0.3, -0.25) is 14.8 Å². The number of hydrazone groups is 1. The fraction of sp³-hybridized carbons (Fsp3) is 0.0625. The van der Waals surface area contributed by atoms with Crippen LogP contribution in [0.3, 0.4) is 0 Å². The third kappa shape index (κ3) is 4.40. The molecule has 0 heterocycles. The van der Waals surface area contributed by atoms with Crippen LogP contribution in [0, 0.1) is 0 Å². The number of amides is 2. The number of ether oxygens (including phenoxy) is 1. The van der Waals surface area contributed by atoms with Gasteiger partial charge >= 0.3 is 0 Å². The SMILES string of the molecule is COc1ccc(/C=N/NC(=O)c2cccc(C(=O)NO)c2)cc1Br. The fourth-order valence-electron chi connectivity index (χ4n) is 1.86. The maximum atomic E-state index is 12.0. The summed E-state index contributed by atoms with van der Waals surface area (Å²) in [5, 5.41) is 12.5. The van der Waals surface area contributed by atoms with Gasteiger partial charge in [0.05, 0.1) is 17.8 Å². The molecule has 3 N–H and O–H groups in total. The zero-order chi connectivity index (χ0) is 17.5. The van der Waals surface area contributed by atoms with Crippen molar-refractivity contribution in [2.24, 2.45) is 5.10 Å². The van der Waals surface area contributed by atoms with Gasteiger partial charge in [-0.05, 0) is 57.9 Å². The summed E-state index contributed by atoms with van der Waals surface area (Å²) in [5.74, 6) is -0.488. The minimum Gasteiger partial charge on any atom is -0.496 e. The Labute approximate surface area is 146 Å². The van der Waals surface area contributed by atoms with Gasteiger partial charge in [0.15, 0.2) is 0 Å². The quantitative estimate of drug-likeness (QED) is 0.413. The van der Waals surface area contributed by atoms with E-state index in [4.69, 9.17) is 9.94 Å². The van der Waals surface area contributed by atoms with E-state index in [1.807, 2.05) is 0 Å². The highest BCUT2D eigenvalue weighted by Gasteiger charge is 2.09. The van der Waals surface area contributed by atoms with Crippen molar-refractivity contribution < 1.29 is 19.5 Å². The summed E-state index contributed by atoms with van der Waals surface area (Å²) in [6.45, 7) is 0. The third-order valence-electron chi connectivity index (χ3n) is 3.04. The summed E-state index contributed by atoms with van der Waals surface area (Å²) in [5.41, 5.74) is 5.04. The number of hydrogen-bond donors (Lipinski definition) is 3. The number of halogens is 1. The number of carbonyl (C=O) groups excluding carboxylic acids is 2. The molecule has 124 valence electrons. The van der Waals surface area contributed by atoms with Crippen LogP contribution in [-0.2, 0) is 0 Å². The van der Waals surface area contributed by atoms with E-state index in [2.05, 4.69) is 26.5 Å². The van der Waals surface area contributed by atoms with Crippen LogP contribution in [-0.4, -0.2) is 30.3 Å². The summed E-state index contributed by atoms with van der Waals surface area (Å²) in [7, 11) is 1.57. The number of rotatable bonds is 5. The molecule has 0 fully saturated rings. The van der Waals surface area contributed by atoms with Crippen LogP contribution in [0.25, 0.3) is 0 Å². The molecule has 2 aromatic rings. The zero-order valence-corrected chi connectivity index (χ0v) is 14.2. The number of hydroxylamine groups is 1. The highest BCUT2D eigenvalue weighted by Crippen LogP contribution is 2.24. The van der Waals surface area contributed by atoms with Crippen molar-refractivity contribution in [3.63, 3.8) is 0 Å². The molecule has 0 radical (unpaired) electrons. The first-order valence-electron chi connectivity index (χ1n) is 6.76. The van der Waals surface area contributed by atoms with Crippen LogP contribution in [0.15, 0.2) is 52.0 Å². The summed E-state index contributed by atoms with van der Waals surface area (Å²) >= 11 is 3.36. The molecule has 0 aliphatic heterocycles. The average Bonchev–Trinajstić information content (AvgIpc) is 2.61. The van der Waals surface area contributed by atoms with Crippen LogP contribution in [0.5, 0.6) is 5.75 Å². The molecule has 0 saturated carbocycles. The van der Waals surface area contributed by atoms with Crippen molar-refractivity contribution in [2.75, 3.05) is 7.11 Å². The van der Waals surface area contributed by atoms with E-state index in [1.54, 1.807) is 25.3 Å². The molecule has 2 aromatic carbocycles. The Kier molecular flexibility index (Phi) is 6.05. The molecular weight excluding hydrogens is 378 g/mol. The van der Waals surface area contributed by atoms with Gasteiger partial charge in [-0.1, -0.05) is 6.07 Å². The topological polar surface area (TPSA) is 100 Å². The Bertz CT molecular complexity index is 793. The van der Waals surface area contributed by atoms with Gasteiger partial charge in [0.2, 0.25) is 0 Å². The second-order valence-corrected chi connectivity index (χ2v) is 5.47. The number of benzene rings is 2. The number of hydrogen-bond acceptors (Lipinski definition) is 5. The smallest absolute Gasteiger partial charge is 0.274 e. The standard InChI is InChI=1S/C16H14BrN3O4/c1-24-14-6-5-10(7-13(14)17)9-18-19-15(21)11-3-2-4-12(8-11)16(22)20-23/h2-9,23H,1H3,(H,19,21)(H,20,22)/b18-9+. The Hall–Kier alpha value is -2.71. The van der Waals surface area contributed by atoms with Crippen molar-refractivity contribution in [3.05, 3.63) is 63.6 Å². The van der Waals surface area contributed by atoms with Crippen molar-refractivity contribution >= 4 is 34.0 Å². The number of nitrogens with one attached hydrogen (secondary N) is 2. The normalized spacial score (nSPS) is 10.5. The van der Waals surface area contributed by atoms with Crippen molar-refractivity contribution in [2.45, 2.75) is 0 Å². The van der Waals surface area contributed by atoms with Crippen LogP contribution in [0.2, 0.25) is 0 Å². The Morgan fingerprint density at radius 2 is 1.88 bits per heavy atom. The summed E-state index contributed by atoms with van der Waals surface area (Å²) in [6.07, 6.45) is 1.48. The lowest BCUT2D eigenvalue weighted by molar-refractivity contribution is 0.0706. The largest absolute Gasteiger partial charge is 0.496 e. The van der Waals surface area contributed by atoms with Gasteiger partial charge in [-0.15, -0.1) is 0 Å². The van der Waals surface area contributed by atoms with Crippen LogP contribution < -0.4 is 15.6 Å². The molecule has 0 aliphatic rings. The number of methoxy groups -OCH3 is 1. The minimum absolute atomic E-state index is 0.160. The molecule has 7 nitrogen and oxygen atoms in total. The Balaban J connectivity index is 2.05. The first-order chi connectivity index (χ1) is 11.5. The molecule has 2 amide bonds. The first-order valence-corrected chi connectivity index (χ1v) is 7.56. The average molecular weight is 392 g/mol. The van der Waals surface area contributed by atoms with Gasteiger partial charge in [-0.2, -0.15) is 5.10 Å². The second kappa shape index (κ2) is 8.23. The van der Waals surface area contributed by atoms with Crippen molar-refractivity contribution in [1.82, 2.24) is 10.9 Å². The van der Waals surface area contributed by atoms with E-state index in [9.17, 15) is 9.59 Å². The van der Waals surface area contributed by atoms with Crippen LogP contribution >= 0.6 is 15.9 Å². The molecule has 0 saturated heterocycles. The number of carbonyl (C=O) groups is 2. The Morgan fingerprint density at radius 1 is 1.17 bits per heavy atom. The molecule has 0 atom stereocenters. The lowest BCUT2D eigenvalue weighted by Crippen LogP contribution is -2.21. The molecule has 8 heteroatoms. The minimum atomic E-state index is -0.698. The van der Waals surface area contributed by atoms with Gasteiger partial charge in [0.25, 0.3) is 11.8 Å². The molecule has 0 unspecified atom stereocenters. The second-order valence-electron chi connectivity index (χ2n) is 4.61. The monoisotopic (exact) mass is 391 g/mol. The molecule has 0 spiro atoms. The molecular formula is C16H14BrN3O4. The summed E-state index contributed by atoms with van der Waals surface area (Å²) in [4.78, 5) is 23.4.